The highest BCUT2D eigenvalue weighted by Gasteiger charge is 2.34. The zero-order valence-electron chi connectivity index (χ0n) is 11.1. The molecule has 1 aromatic rings. The summed E-state index contributed by atoms with van der Waals surface area (Å²) in [7, 11) is 1.83. The van der Waals surface area contributed by atoms with Gasteiger partial charge in [-0.05, 0) is 31.7 Å². The molecule has 0 N–H and O–H groups in total. The fourth-order valence-corrected chi connectivity index (χ4v) is 2.14. The standard InChI is InChI=1S/C13H21N3O/c1-9(2)8-16(11-5-6-11)13(17)12-7-10(3)14-15(12)4/h7,9,11H,5-6,8H2,1-4H3. The number of aryl methyl sites for hydroxylation is 2. The molecule has 1 fully saturated rings. The van der Waals surface area contributed by atoms with E-state index in [-0.39, 0.29) is 5.91 Å². The summed E-state index contributed by atoms with van der Waals surface area (Å²) in [5.41, 5.74) is 1.60. The van der Waals surface area contributed by atoms with E-state index < -0.39 is 0 Å². The summed E-state index contributed by atoms with van der Waals surface area (Å²) in [5.74, 6) is 0.637. The Labute approximate surface area is 103 Å². The molecule has 0 spiro atoms. The molecular weight excluding hydrogens is 214 g/mol. The third kappa shape index (κ3) is 2.68. The lowest BCUT2D eigenvalue weighted by atomic mass is 10.2. The predicted octanol–water partition coefficient (Wildman–Crippen LogP) is 1.99. The minimum absolute atomic E-state index is 0.129. The van der Waals surface area contributed by atoms with Crippen molar-refractivity contribution in [2.24, 2.45) is 13.0 Å². The van der Waals surface area contributed by atoms with Crippen LogP contribution in [0, 0.1) is 12.8 Å². The molecule has 1 aromatic heterocycles. The van der Waals surface area contributed by atoms with Crippen LogP contribution in [0.15, 0.2) is 6.07 Å². The van der Waals surface area contributed by atoms with Crippen molar-refractivity contribution in [2.45, 2.75) is 39.7 Å². The molecule has 1 aliphatic rings. The van der Waals surface area contributed by atoms with Gasteiger partial charge in [0.15, 0.2) is 0 Å². The van der Waals surface area contributed by atoms with Crippen molar-refractivity contribution >= 4 is 5.91 Å². The van der Waals surface area contributed by atoms with E-state index in [1.165, 1.54) is 0 Å². The number of hydrogen-bond donors (Lipinski definition) is 0. The summed E-state index contributed by atoms with van der Waals surface area (Å²) in [6, 6.07) is 2.33. The van der Waals surface area contributed by atoms with E-state index in [1.807, 2.05) is 24.9 Å². The van der Waals surface area contributed by atoms with Gasteiger partial charge in [0.2, 0.25) is 0 Å². The molecule has 4 heteroatoms. The normalized spacial score (nSPS) is 15.4. The van der Waals surface area contributed by atoms with Crippen molar-refractivity contribution in [3.8, 4) is 0 Å². The molecule has 1 saturated carbocycles. The van der Waals surface area contributed by atoms with Crippen LogP contribution in [0.1, 0.15) is 42.9 Å². The lowest BCUT2D eigenvalue weighted by molar-refractivity contribution is 0.0711. The zero-order chi connectivity index (χ0) is 12.6. The molecule has 0 aromatic carbocycles. The van der Waals surface area contributed by atoms with Gasteiger partial charge < -0.3 is 4.90 Å². The van der Waals surface area contributed by atoms with Gasteiger partial charge in [-0.3, -0.25) is 9.48 Å². The number of nitrogens with zero attached hydrogens (tertiary/aromatic N) is 3. The molecule has 94 valence electrons. The van der Waals surface area contributed by atoms with Crippen LogP contribution >= 0.6 is 0 Å². The average molecular weight is 235 g/mol. The summed E-state index contributed by atoms with van der Waals surface area (Å²) < 4.78 is 1.69. The lowest BCUT2D eigenvalue weighted by Gasteiger charge is -2.24. The largest absolute Gasteiger partial charge is 0.334 e. The number of carbonyl (C=O) groups is 1. The molecule has 1 amide bonds. The molecule has 17 heavy (non-hydrogen) atoms. The van der Waals surface area contributed by atoms with Gasteiger partial charge in [0.1, 0.15) is 5.69 Å². The summed E-state index contributed by atoms with van der Waals surface area (Å²) in [6.07, 6.45) is 2.30. The molecular formula is C13H21N3O. The molecule has 0 atom stereocenters. The topological polar surface area (TPSA) is 38.1 Å². The summed E-state index contributed by atoms with van der Waals surface area (Å²) in [4.78, 5) is 14.5. The van der Waals surface area contributed by atoms with Crippen LogP contribution in [0.4, 0.5) is 0 Å². The maximum absolute atomic E-state index is 12.5. The van der Waals surface area contributed by atoms with Crippen molar-refractivity contribution in [1.29, 1.82) is 0 Å². The SMILES string of the molecule is Cc1cc(C(=O)N(CC(C)C)C2CC2)n(C)n1. The molecule has 0 unspecified atom stereocenters. The smallest absolute Gasteiger partial charge is 0.272 e. The van der Waals surface area contributed by atoms with Crippen LogP contribution in [0.2, 0.25) is 0 Å². The molecule has 1 aliphatic carbocycles. The number of amides is 1. The minimum Gasteiger partial charge on any atom is -0.334 e. The third-order valence-corrected chi connectivity index (χ3v) is 3.03. The van der Waals surface area contributed by atoms with Crippen molar-refractivity contribution in [2.75, 3.05) is 6.54 Å². The Morgan fingerprint density at radius 3 is 2.65 bits per heavy atom. The second-order valence-electron chi connectivity index (χ2n) is 5.38. The van der Waals surface area contributed by atoms with Crippen molar-refractivity contribution in [1.82, 2.24) is 14.7 Å². The Hall–Kier alpha value is -1.32. The Morgan fingerprint density at radius 1 is 1.59 bits per heavy atom. The van der Waals surface area contributed by atoms with Gasteiger partial charge in [0.05, 0.1) is 5.69 Å². The van der Waals surface area contributed by atoms with E-state index in [4.69, 9.17) is 0 Å². The maximum atomic E-state index is 12.5. The Bertz CT molecular complexity index is 418. The first-order chi connectivity index (χ1) is 7.99. The molecule has 1 heterocycles. The first kappa shape index (κ1) is 12.1. The summed E-state index contributed by atoms with van der Waals surface area (Å²) >= 11 is 0. The number of aromatic nitrogens is 2. The lowest BCUT2D eigenvalue weighted by Crippen LogP contribution is -2.37. The zero-order valence-corrected chi connectivity index (χ0v) is 11.1. The minimum atomic E-state index is 0.129. The highest BCUT2D eigenvalue weighted by molar-refractivity contribution is 5.93. The third-order valence-electron chi connectivity index (χ3n) is 3.03. The van der Waals surface area contributed by atoms with Gasteiger partial charge in [0, 0.05) is 19.6 Å². The van der Waals surface area contributed by atoms with Gasteiger partial charge in [-0.25, -0.2) is 0 Å². The number of hydrogen-bond acceptors (Lipinski definition) is 2. The molecule has 4 nitrogen and oxygen atoms in total. The van der Waals surface area contributed by atoms with Crippen LogP contribution in [0.3, 0.4) is 0 Å². The maximum Gasteiger partial charge on any atom is 0.272 e. The average Bonchev–Trinajstić information content (AvgIpc) is 3.00. The molecule has 0 aliphatic heterocycles. The van der Waals surface area contributed by atoms with E-state index in [9.17, 15) is 4.79 Å². The first-order valence-corrected chi connectivity index (χ1v) is 6.30. The molecule has 0 bridgehead atoms. The van der Waals surface area contributed by atoms with Crippen LogP contribution in [-0.4, -0.2) is 33.2 Å². The van der Waals surface area contributed by atoms with Crippen molar-refractivity contribution in [3.63, 3.8) is 0 Å². The van der Waals surface area contributed by atoms with Gasteiger partial charge in [-0.15, -0.1) is 0 Å². The van der Waals surface area contributed by atoms with Crippen molar-refractivity contribution < 1.29 is 4.79 Å². The van der Waals surface area contributed by atoms with E-state index in [0.717, 1.165) is 25.1 Å². The highest BCUT2D eigenvalue weighted by atomic mass is 16.2. The Morgan fingerprint density at radius 2 is 2.24 bits per heavy atom. The molecule has 2 rings (SSSR count). The molecule has 0 saturated heterocycles. The van der Waals surface area contributed by atoms with E-state index in [0.29, 0.717) is 17.7 Å². The quantitative estimate of drug-likeness (QED) is 0.800. The monoisotopic (exact) mass is 235 g/mol. The summed E-state index contributed by atoms with van der Waals surface area (Å²) in [5, 5.41) is 4.24. The number of rotatable bonds is 4. The molecule has 0 radical (unpaired) electrons. The fourth-order valence-electron chi connectivity index (χ4n) is 2.14. The van der Waals surface area contributed by atoms with Crippen LogP contribution in [-0.2, 0) is 7.05 Å². The van der Waals surface area contributed by atoms with Crippen LogP contribution in [0.5, 0.6) is 0 Å². The van der Waals surface area contributed by atoms with Gasteiger partial charge >= 0.3 is 0 Å². The van der Waals surface area contributed by atoms with Crippen LogP contribution < -0.4 is 0 Å². The Balaban J connectivity index is 2.18. The van der Waals surface area contributed by atoms with Crippen LogP contribution in [0.25, 0.3) is 0 Å². The second-order valence-corrected chi connectivity index (χ2v) is 5.38. The van der Waals surface area contributed by atoms with Gasteiger partial charge in [-0.2, -0.15) is 5.10 Å². The van der Waals surface area contributed by atoms with E-state index in [1.54, 1.807) is 4.68 Å². The van der Waals surface area contributed by atoms with Gasteiger partial charge in [0.25, 0.3) is 5.91 Å². The Kier molecular flexibility index (Phi) is 3.22. The summed E-state index contributed by atoms with van der Waals surface area (Å²) in [6.45, 7) is 7.06. The fraction of sp³-hybridized carbons (Fsp3) is 0.692. The van der Waals surface area contributed by atoms with Gasteiger partial charge in [-0.1, -0.05) is 13.8 Å². The van der Waals surface area contributed by atoms with E-state index in [2.05, 4.69) is 18.9 Å². The number of carbonyl (C=O) groups excluding carboxylic acids is 1. The first-order valence-electron chi connectivity index (χ1n) is 6.30. The van der Waals surface area contributed by atoms with E-state index >= 15 is 0 Å². The second kappa shape index (κ2) is 4.51. The predicted molar refractivity (Wildman–Crippen MR) is 66.8 cm³/mol. The highest BCUT2D eigenvalue weighted by Crippen LogP contribution is 2.29. The van der Waals surface area contributed by atoms with Crippen molar-refractivity contribution in [3.05, 3.63) is 17.5 Å².